The molecule has 0 aliphatic rings. The van der Waals surface area contributed by atoms with Crippen molar-refractivity contribution in [1.82, 2.24) is 14.8 Å². The Morgan fingerprint density at radius 3 is 2.83 bits per heavy atom. The Kier molecular flexibility index (Phi) is 3.38. The summed E-state index contributed by atoms with van der Waals surface area (Å²) in [5.74, 6) is 0.309. The highest BCUT2D eigenvalue weighted by atomic mass is 16.3. The summed E-state index contributed by atoms with van der Waals surface area (Å²) in [6.07, 6.45) is 1.51. The topological polar surface area (TPSA) is 85.0 Å². The third-order valence-electron chi connectivity index (χ3n) is 3.73. The van der Waals surface area contributed by atoms with Gasteiger partial charge in [0.1, 0.15) is 24.0 Å². The maximum Gasteiger partial charge on any atom is 0.246 e. The third-order valence-corrected chi connectivity index (χ3v) is 3.73. The number of furan rings is 1. The number of hydrogen-bond donors (Lipinski definition) is 2. The van der Waals surface area contributed by atoms with Crippen LogP contribution >= 0.6 is 0 Å². The zero-order valence-electron chi connectivity index (χ0n) is 13.0. The molecule has 0 aliphatic carbocycles. The fourth-order valence-electron chi connectivity index (χ4n) is 2.64. The van der Waals surface area contributed by atoms with Gasteiger partial charge in [0.05, 0.1) is 0 Å². The molecule has 0 atom stereocenters. The van der Waals surface area contributed by atoms with Crippen molar-refractivity contribution < 1.29 is 9.21 Å². The van der Waals surface area contributed by atoms with Crippen molar-refractivity contribution in [1.29, 1.82) is 0 Å². The molecule has 2 aromatic carbocycles. The van der Waals surface area contributed by atoms with Gasteiger partial charge in [-0.1, -0.05) is 18.2 Å². The summed E-state index contributed by atoms with van der Waals surface area (Å²) in [4.78, 5) is 16.2. The summed E-state index contributed by atoms with van der Waals surface area (Å²) in [5.41, 5.74) is 2.34. The number of fused-ring (bicyclic) bond motifs is 3. The number of nitrogens with zero attached hydrogens (tertiary/aromatic N) is 3. The second-order valence-corrected chi connectivity index (χ2v) is 5.37. The molecule has 0 saturated carbocycles. The SMILES string of the molecule is CNc1ncn(CC(=O)Nc2ccc3oc4ccccc4c3c2)n1. The molecule has 2 aromatic heterocycles. The van der Waals surface area contributed by atoms with Crippen LogP contribution in [-0.4, -0.2) is 27.7 Å². The van der Waals surface area contributed by atoms with Gasteiger partial charge in [0.15, 0.2) is 0 Å². The van der Waals surface area contributed by atoms with Gasteiger partial charge in [0, 0.05) is 23.5 Å². The van der Waals surface area contributed by atoms with Crippen LogP contribution in [0.4, 0.5) is 11.6 Å². The Morgan fingerprint density at radius 1 is 1.17 bits per heavy atom. The second kappa shape index (κ2) is 5.69. The predicted molar refractivity (Wildman–Crippen MR) is 91.9 cm³/mol. The van der Waals surface area contributed by atoms with Gasteiger partial charge in [-0.15, -0.1) is 5.10 Å². The van der Waals surface area contributed by atoms with Crippen molar-refractivity contribution in [2.45, 2.75) is 6.54 Å². The molecule has 7 nitrogen and oxygen atoms in total. The number of nitrogens with one attached hydrogen (secondary N) is 2. The van der Waals surface area contributed by atoms with Gasteiger partial charge in [-0.2, -0.15) is 0 Å². The molecule has 0 radical (unpaired) electrons. The molecule has 4 rings (SSSR count). The van der Waals surface area contributed by atoms with E-state index in [0.29, 0.717) is 11.6 Å². The highest BCUT2D eigenvalue weighted by molar-refractivity contribution is 6.06. The fourth-order valence-corrected chi connectivity index (χ4v) is 2.64. The van der Waals surface area contributed by atoms with Crippen molar-refractivity contribution in [3.8, 4) is 0 Å². The maximum absolute atomic E-state index is 12.2. The van der Waals surface area contributed by atoms with E-state index < -0.39 is 0 Å². The first kappa shape index (κ1) is 14.3. The lowest BCUT2D eigenvalue weighted by Gasteiger charge is -2.05. The summed E-state index contributed by atoms with van der Waals surface area (Å²) in [6.45, 7) is 0.0961. The molecule has 0 spiro atoms. The average Bonchev–Trinajstić information content (AvgIpc) is 3.18. The number of benzene rings is 2. The van der Waals surface area contributed by atoms with Crippen molar-refractivity contribution in [2.75, 3.05) is 17.7 Å². The van der Waals surface area contributed by atoms with Gasteiger partial charge in [0.25, 0.3) is 0 Å². The molecular formula is C17H15N5O2. The highest BCUT2D eigenvalue weighted by Gasteiger charge is 2.09. The average molecular weight is 321 g/mol. The number of anilines is 2. The number of carbonyl (C=O) groups is 1. The summed E-state index contributed by atoms with van der Waals surface area (Å²) in [6, 6.07) is 13.4. The number of rotatable bonds is 4. The zero-order chi connectivity index (χ0) is 16.5. The molecule has 0 aliphatic heterocycles. The minimum absolute atomic E-state index is 0.0961. The molecule has 0 bridgehead atoms. The van der Waals surface area contributed by atoms with Gasteiger partial charge in [0.2, 0.25) is 11.9 Å². The van der Waals surface area contributed by atoms with Crippen molar-refractivity contribution in [3.63, 3.8) is 0 Å². The Morgan fingerprint density at radius 2 is 2.00 bits per heavy atom. The van der Waals surface area contributed by atoms with Gasteiger partial charge in [-0.3, -0.25) is 4.79 Å². The molecular weight excluding hydrogens is 306 g/mol. The normalized spacial score (nSPS) is 11.0. The Labute approximate surface area is 137 Å². The van der Waals surface area contributed by atoms with Crippen LogP contribution in [0.2, 0.25) is 0 Å². The van der Waals surface area contributed by atoms with E-state index in [1.165, 1.54) is 11.0 Å². The van der Waals surface area contributed by atoms with Crippen molar-refractivity contribution in [2.24, 2.45) is 0 Å². The highest BCUT2D eigenvalue weighted by Crippen LogP contribution is 2.30. The summed E-state index contributed by atoms with van der Waals surface area (Å²) in [5, 5.41) is 11.8. The molecule has 1 amide bonds. The van der Waals surface area contributed by atoms with E-state index in [9.17, 15) is 4.79 Å². The Balaban J connectivity index is 1.57. The minimum Gasteiger partial charge on any atom is -0.456 e. The van der Waals surface area contributed by atoms with Crippen molar-refractivity contribution >= 4 is 39.5 Å². The van der Waals surface area contributed by atoms with Crippen LogP contribution in [-0.2, 0) is 11.3 Å². The fraction of sp³-hybridized carbons (Fsp3) is 0.118. The zero-order valence-corrected chi connectivity index (χ0v) is 13.0. The van der Waals surface area contributed by atoms with E-state index in [1.807, 2.05) is 42.5 Å². The monoisotopic (exact) mass is 321 g/mol. The second-order valence-electron chi connectivity index (χ2n) is 5.37. The van der Waals surface area contributed by atoms with Gasteiger partial charge < -0.3 is 15.1 Å². The third kappa shape index (κ3) is 2.56. The maximum atomic E-state index is 12.2. The lowest BCUT2D eigenvalue weighted by molar-refractivity contribution is -0.116. The van der Waals surface area contributed by atoms with Gasteiger partial charge in [-0.05, 0) is 24.3 Å². The van der Waals surface area contributed by atoms with Crippen molar-refractivity contribution in [3.05, 3.63) is 48.8 Å². The quantitative estimate of drug-likeness (QED) is 0.604. The van der Waals surface area contributed by atoms with E-state index >= 15 is 0 Å². The Bertz CT molecular complexity index is 1030. The van der Waals surface area contributed by atoms with E-state index in [-0.39, 0.29) is 12.5 Å². The van der Waals surface area contributed by atoms with Crippen LogP contribution in [0.5, 0.6) is 0 Å². The van der Waals surface area contributed by atoms with Gasteiger partial charge >= 0.3 is 0 Å². The van der Waals surface area contributed by atoms with Crippen LogP contribution in [0.1, 0.15) is 0 Å². The first-order valence-corrected chi connectivity index (χ1v) is 7.51. The lowest BCUT2D eigenvalue weighted by Crippen LogP contribution is -2.19. The van der Waals surface area contributed by atoms with Crippen LogP contribution in [0.3, 0.4) is 0 Å². The molecule has 4 aromatic rings. The smallest absolute Gasteiger partial charge is 0.246 e. The summed E-state index contributed by atoms with van der Waals surface area (Å²) in [7, 11) is 1.73. The molecule has 7 heteroatoms. The largest absolute Gasteiger partial charge is 0.456 e. The first-order chi connectivity index (χ1) is 11.7. The molecule has 0 unspecified atom stereocenters. The Hall–Kier alpha value is -3.35. The van der Waals surface area contributed by atoms with E-state index in [1.54, 1.807) is 7.05 Å². The molecule has 120 valence electrons. The predicted octanol–water partition coefficient (Wildman–Crippen LogP) is 2.86. The van der Waals surface area contributed by atoms with Crippen LogP contribution in [0.25, 0.3) is 21.9 Å². The van der Waals surface area contributed by atoms with E-state index in [4.69, 9.17) is 4.42 Å². The molecule has 24 heavy (non-hydrogen) atoms. The number of aromatic nitrogens is 3. The number of carbonyl (C=O) groups excluding carboxylic acids is 1. The van der Waals surface area contributed by atoms with Crippen LogP contribution in [0, 0.1) is 0 Å². The number of hydrogen-bond acceptors (Lipinski definition) is 5. The molecule has 0 saturated heterocycles. The van der Waals surface area contributed by atoms with Crippen LogP contribution in [0.15, 0.2) is 53.2 Å². The van der Waals surface area contributed by atoms with E-state index in [0.717, 1.165) is 21.9 Å². The first-order valence-electron chi connectivity index (χ1n) is 7.51. The van der Waals surface area contributed by atoms with Crippen LogP contribution < -0.4 is 10.6 Å². The minimum atomic E-state index is -0.172. The number of amides is 1. The number of para-hydroxylation sites is 1. The summed E-state index contributed by atoms with van der Waals surface area (Å²) >= 11 is 0. The molecule has 2 heterocycles. The molecule has 0 fully saturated rings. The van der Waals surface area contributed by atoms with E-state index in [2.05, 4.69) is 20.7 Å². The standard InChI is InChI=1S/C17H15N5O2/c1-18-17-19-10-22(21-17)9-16(23)20-11-6-7-15-13(8-11)12-4-2-3-5-14(12)24-15/h2-8,10H,9H2,1H3,(H,18,21)(H,20,23). The molecule has 2 N–H and O–H groups in total. The van der Waals surface area contributed by atoms with Gasteiger partial charge in [-0.25, -0.2) is 9.67 Å². The lowest BCUT2D eigenvalue weighted by atomic mass is 10.1. The summed E-state index contributed by atoms with van der Waals surface area (Å²) < 4.78 is 7.26.